The van der Waals surface area contributed by atoms with Crippen molar-refractivity contribution in [3.63, 3.8) is 0 Å². The minimum Gasteiger partial charge on any atom is -0.481 e. The second-order valence-corrected chi connectivity index (χ2v) is 6.05. The largest absolute Gasteiger partial charge is 0.481 e. The highest BCUT2D eigenvalue weighted by atomic mass is 35.5. The number of hydrogen-bond donors (Lipinski definition) is 1. The molecule has 0 aromatic heterocycles. The fraction of sp³-hybridized carbons (Fsp3) is 0.562. The molecule has 0 spiro atoms. The summed E-state index contributed by atoms with van der Waals surface area (Å²) in [7, 11) is 0. The lowest BCUT2D eigenvalue weighted by atomic mass is 9.83. The van der Waals surface area contributed by atoms with Gasteiger partial charge in [0.2, 0.25) is 0 Å². The summed E-state index contributed by atoms with van der Waals surface area (Å²) in [6.45, 7) is 2.02. The highest BCUT2D eigenvalue weighted by molar-refractivity contribution is 6.31. The zero-order chi connectivity index (χ0) is 13.8. The van der Waals surface area contributed by atoms with Crippen molar-refractivity contribution < 1.29 is 9.90 Å². The molecular formula is C16H21ClO2. The van der Waals surface area contributed by atoms with Crippen LogP contribution in [0.4, 0.5) is 0 Å². The predicted octanol–water partition coefficient (Wildman–Crippen LogP) is 4.47. The van der Waals surface area contributed by atoms with Crippen LogP contribution in [0.2, 0.25) is 5.02 Å². The summed E-state index contributed by atoms with van der Waals surface area (Å²) in [5.74, 6) is -0.629. The molecule has 0 saturated heterocycles. The van der Waals surface area contributed by atoms with Gasteiger partial charge in [-0.3, -0.25) is 4.79 Å². The van der Waals surface area contributed by atoms with Gasteiger partial charge in [-0.25, -0.2) is 0 Å². The van der Waals surface area contributed by atoms with Gasteiger partial charge in [0.1, 0.15) is 0 Å². The van der Waals surface area contributed by atoms with E-state index < -0.39 is 5.97 Å². The van der Waals surface area contributed by atoms with E-state index >= 15 is 0 Å². The minimum absolute atomic E-state index is 0.208. The van der Waals surface area contributed by atoms with E-state index in [4.69, 9.17) is 11.6 Å². The quantitative estimate of drug-likeness (QED) is 0.829. The Hall–Kier alpha value is -1.02. The van der Waals surface area contributed by atoms with Gasteiger partial charge in [0.25, 0.3) is 0 Å². The van der Waals surface area contributed by atoms with Crippen molar-refractivity contribution in [3.8, 4) is 0 Å². The molecule has 1 saturated carbocycles. The zero-order valence-electron chi connectivity index (χ0n) is 11.4. The van der Waals surface area contributed by atoms with Crippen LogP contribution in [0.3, 0.4) is 0 Å². The SMILES string of the molecule is Cc1ccc(CC2CCCCCC2C(=O)O)c(Cl)c1. The van der Waals surface area contributed by atoms with E-state index in [0.717, 1.165) is 54.7 Å². The Morgan fingerprint density at radius 2 is 2.05 bits per heavy atom. The molecule has 1 aliphatic rings. The maximum atomic E-state index is 11.4. The second kappa shape index (κ2) is 6.42. The molecule has 2 rings (SSSR count). The number of aliphatic carboxylic acids is 1. The zero-order valence-corrected chi connectivity index (χ0v) is 12.1. The number of aryl methyl sites for hydroxylation is 1. The van der Waals surface area contributed by atoms with Gasteiger partial charge in [-0.1, -0.05) is 43.0 Å². The summed E-state index contributed by atoms with van der Waals surface area (Å²) in [6.07, 6.45) is 5.93. The van der Waals surface area contributed by atoms with Gasteiger partial charge >= 0.3 is 5.97 Å². The Labute approximate surface area is 119 Å². The smallest absolute Gasteiger partial charge is 0.306 e. The van der Waals surface area contributed by atoms with E-state index in [9.17, 15) is 9.90 Å². The van der Waals surface area contributed by atoms with Crippen molar-refractivity contribution in [1.29, 1.82) is 0 Å². The Bertz CT molecular complexity index is 456. The van der Waals surface area contributed by atoms with E-state index in [1.54, 1.807) is 0 Å². The molecule has 0 bridgehead atoms. The number of benzene rings is 1. The van der Waals surface area contributed by atoms with Gasteiger partial charge < -0.3 is 5.11 Å². The van der Waals surface area contributed by atoms with Crippen LogP contribution in [-0.4, -0.2) is 11.1 Å². The van der Waals surface area contributed by atoms with Crippen molar-refractivity contribution >= 4 is 17.6 Å². The molecule has 0 amide bonds. The van der Waals surface area contributed by atoms with Gasteiger partial charge in [0.05, 0.1) is 5.92 Å². The van der Waals surface area contributed by atoms with Crippen molar-refractivity contribution in [2.24, 2.45) is 11.8 Å². The van der Waals surface area contributed by atoms with Gasteiger partial charge in [-0.05, 0) is 49.3 Å². The number of rotatable bonds is 3. The third-order valence-electron chi connectivity index (χ3n) is 4.17. The summed E-state index contributed by atoms with van der Waals surface area (Å²) in [5.41, 5.74) is 2.23. The van der Waals surface area contributed by atoms with Crippen LogP contribution in [0.1, 0.15) is 43.2 Å². The molecule has 0 aliphatic heterocycles. The van der Waals surface area contributed by atoms with E-state index in [0.29, 0.717) is 0 Å². The van der Waals surface area contributed by atoms with E-state index in [1.807, 2.05) is 25.1 Å². The molecule has 1 N–H and O–H groups in total. The monoisotopic (exact) mass is 280 g/mol. The summed E-state index contributed by atoms with van der Waals surface area (Å²) in [4.78, 5) is 11.4. The molecule has 1 fully saturated rings. The van der Waals surface area contributed by atoms with Crippen LogP contribution >= 0.6 is 11.6 Å². The topological polar surface area (TPSA) is 37.3 Å². The standard InChI is InChI=1S/C16H21ClO2/c1-11-7-8-13(15(17)9-11)10-12-5-3-2-4-6-14(12)16(18)19/h7-9,12,14H,2-6,10H2,1H3,(H,18,19). The van der Waals surface area contributed by atoms with Crippen molar-refractivity contribution in [3.05, 3.63) is 34.3 Å². The molecule has 19 heavy (non-hydrogen) atoms. The number of carboxylic acid groups (broad SMARTS) is 1. The number of hydrogen-bond acceptors (Lipinski definition) is 1. The lowest BCUT2D eigenvalue weighted by molar-refractivity contribution is -0.143. The number of carbonyl (C=O) groups is 1. The number of halogens is 1. The molecule has 104 valence electrons. The van der Waals surface area contributed by atoms with E-state index in [1.165, 1.54) is 0 Å². The first-order valence-corrected chi connectivity index (χ1v) is 7.43. The van der Waals surface area contributed by atoms with E-state index in [-0.39, 0.29) is 11.8 Å². The van der Waals surface area contributed by atoms with Gasteiger partial charge in [-0.2, -0.15) is 0 Å². The molecule has 1 aromatic rings. The Morgan fingerprint density at radius 3 is 2.74 bits per heavy atom. The fourth-order valence-corrected chi connectivity index (χ4v) is 3.37. The Balaban J connectivity index is 2.16. The summed E-state index contributed by atoms with van der Waals surface area (Å²) in [5, 5.41) is 10.2. The third kappa shape index (κ3) is 3.73. The molecular weight excluding hydrogens is 260 g/mol. The second-order valence-electron chi connectivity index (χ2n) is 5.64. The van der Waals surface area contributed by atoms with Crippen LogP contribution in [0.25, 0.3) is 0 Å². The summed E-state index contributed by atoms with van der Waals surface area (Å²) < 4.78 is 0. The molecule has 1 aliphatic carbocycles. The summed E-state index contributed by atoms with van der Waals surface area (Å²) >= 11 is 6.27. The van der Waals surface area contributed by atoms with Crippen molar-refractivity contribution in [2.45, 2.75) is 45.4 Å². The third-order valence-corrected chi connectivity index (χ3v) is 4.52. The van der Waals surface area contributed by atoms with Gasteiger partial charge in [-0.15, -0.1) is 0 Å². The molecule has 0 radical (unpaired) electrons. The fourth-order valence-electron chi connectivity index (χ4n) is 3.05. The Morgan fingerprint density at radius 1 is 1.32 bits per heavy atom. The lowest BCUT2D eigenvalue weighted by Crippen LogP contribution is -2.24. The lowest BCUT2D eigenvalue weighted by Gasteiger charge is -2.22. The van der Waals surface area contributed by atoms with E-state index in [2.05, 4.69) is 0 Å². The molecule has 2 atom stereocenters. The molecule has 2 unspecified atom stereocenters. The van der Waals surface area contributed by atoms with Crippen LogP contribution in [-0.2, 0) is 11.2 Å². The van der Waals surface area contributed by atoms with Crippen LogP contribution < -0.4 is 0 Å². The molecule has 1 aromatic carbocycles. The van der Waals surface area contributed by atoms with Crippen LogP contribution in [0.15, 0.2) is 18.2 Å². The maximum absolute atomic E-state index is 11.4. The molecule has 0 heterocycles. The first kappa shape index (κ1) is 14.4. The van der Waals surface area contributed by atoms with Crippen LogP contribution in [0, 0.1) is 18.8 Å². The molecule has 2 nitrogen and oxygen atoms in total. The average Bonchev–Trinajstić information content (AvgIpc) is 2.58. The highest BCUT2D eigenvalue weighted by Gasteiger charge is 2.29. The maximum Gasteiger partial charge on any atom is 0.306 e. The van der Waals surface area contributed by atoms with Gasteiger partial charge in [0.15, 0.2) is 0 Å². The average molecular weight is 281 g/mol. The van der Waals surface area contributed by atoms with Gasteiger partial charge in [0, 0.05) is 5.02 Å². The first-order chi connectivity index (χ1) is 9.08. The highest BCUT2D eigenvalue weighted by Crippen LogP contribution is 2.33. The predicted molar refractivity (Wildman–Crippen MR) is 77.6 cm³/mol. The normalized spacial score (nSPS) is 23.9. The first-order valence-electron chi connectivity index (χ1n) is 7.06. The number of carboxylic acids is 1. The van der Waals surface area contributed by atoms with Crippen molar-refractivity contribution in [1.82, 2.24) is 0 Å². The summed E-state index contributed by atoms with van der Waals surface area (Å²) in [6, 6.07) is 6.05. The Kier molecular flexibility index (Phi) is 4.87. The molecule has 3 heteroatoms. The minimum atomic E-state index is -0.643. The van der Waals surface area contributed by atoms with Crippen LogP contribution in [0.5, 0.6) is 0 Å². The van der Waals surface area contributed by atoms with Crippen molar-refractivity contribution in [2.75, 3.05) is 0 Å².